The van der Waals surface area contributed by atoms with Crippen molar-refractivity contribution in [2.24, 2.45) is 0 Å². The summed E-state index contributed by atoms with van der Waals surface area (Å²) < 4.78 is 5.38. The Morgan fingerprint density at radius 1 is 1.21 bits per heavy atom. The molecule has 5 heteroatoms. The lowest BCUT2D eigenvalue weighted by Crippen LogP contribution is -2.30. The van der Waals surface area contributed by atoms with Crippen molar-refractivity contribution < 1.29 is 4.52 Å². The molecule has 1 fully saturated rings. The Morgan fingerprint density at radius 3 is 2.74 bits per heavy atom. The van der Waals surface area contributed by atoms with Gasteiger partial charge in [0.05, 0.1) is 5.56 Å². The van der Waals surface area contributed by atoms with Crippen LogP contribution >= 0.6 is 0 Å². The molecular formula is C14H18N4O. The number of hydrogen-bond donors (Lipinski definition) is 1. The first-order valence-electron chi connectivity index (χ1n) is 6.70. The Kier molecular flexibility index (Phi) is 3.11. The Bertz CT molecular complexity index is 552. The van der Waals surface area contributed by atoms with E-state index in [-0.39, 0.29) is 0 Å². The predicted molar refractivity (Wildman–Crippen MR) is 74.9 cm³/mol. The molecule has 0 unspecified atom stereocenters. The number of rotatable bonds is 2. The summed E-state index contributed by atoms with van der Waals surface area (Å²) in [7, 11) is 0. The zero-order valence-electron chi connectivity index (χ0n) is 11.1. The molecule has 0 spiro atoms. The summed E-state index contributed by atoms with van der Waals surface area (Å²) in [5.41, 5.74) is 8.57. The van der Waals surface area contributed by atoms with Crippen LogP contribution in [0.3, 0.4) is 0 Å². The molecule has 3 rings (SSSR count). The first-order valence-corrected chi connectivity index (χ1v) is 6.70. The number of aryl methyl sites for hydroxylation is 1. The van der Waals surface area contributed by atoms with Crippen LogP contribution in [0.25, 0.3) is 11.5 Å². The van der Waals surface area contributed by atoms with E-state index in [9.17, 15) is 0 Å². The van der Waals surface area contributed by atoms with Crippen molar-refractivity contribution in [2.75, 3.05) is 23.7 Å². The maximum atomic E-state index is 6.00. The molecule has 1 aromatic heterocycles. The number of nitrogens with zero attached hydrogens (tertiary/aromatic N) is 3. The largest absolute Gasteiger partial charge is 0.398 e. The van der Waals surface area contributed by atoms with E-state index in [1.165, 1.54) is 19.3 Å². The molecule has 2 aromatic rings. The Labute approximate surface area is 112 Å². The molecule has 2 heterocycles. The number of hydrogen-bond acceptors (Lipinski definition) is 5. The zero-order valence-corrected chi connectivity index (χ0v) is 11.1. The van der Waals surface area contributed by atoms with Gasteiger partial charge in [-0.2, -0.15) is 4.98 Å². The highest BCUT2D eigenvalue weighted by molar-refractivity contribution is 5.74. The summed E-state index contributed by atoms with van der Waals surface area (Å²) in [5, 5.41) is 4.08. The van der Waals surface area contributed by atoms with E-state index < -0.39 is 0 Å². The highest BCUT2D eigenvalue weighted by Gasteiger charge is 2.19. The SMILES string of the molecule is Cc1cccc(N)c1-c1nc(N2CCCCC2)no1. The van der Waals surface area contributed by atoms with Gasteiger partial charge in [0.25, 0.3) is 11.8 Å². The van der Waals surface area contributed by atoms with Gasteiger partial charge in [-0.15, -0.1) is 0 Å². The summed E-state index contributed by atoms with van der Waals surface area (Å²) >= 11 is 0. The maximum absolute atomic E-state index is 6.00. The van der Waals surface area contributed by atoms with Crippen LogP contribution in [0.2, 0.25) is 0 Å². The minimum Gasteiger partial charge on any atom is -0.398 e. The van der Waals surface area contributed by atoms with Crippen molar-refractivity contribution in [1.29, 1.82) is 0 Å². The summed E-state index contributed by atoms with van der Waals surface area (Å²) in [6.07, 6.45) is 3.67. The van der Waals surface area contributed by atoms with Crippen molar-refractivity contribution in [1.82, 2.24) is 10.1 Å². The Morgan fingerprint density at radius 2 is 2.00 bits per heavy atom. The fourth-order valence-corrected chi connectivity index (χ4v) is 2.52. The van der Waals surface area contributed by atoms with Gasteiger partial charge in [0.2, 0.25) is 0 Å². The van der Waals surface area contributed by atoms with Gasteiger partial charge in [0.1, 0.15) is 0 Å². The number of benzene rings is 1. The van der Waals surface area contributed by atoms with E-state index in [1.54, 1.807) is 0 Å². The van der Waals surface area contributed by atoms with Crippen LogP contribution in [0.4, 0.5) is 11.6 Å². The maximum Gasteiger partial charge on any atom is 0.266 e. The first-order chi connectivity index (χ1) is 9.25. The molecule has 100 valence electrons. The van der Waals surface area contributed by atoms with Gasteiger partial charge in [0, 0.05) is 18.8 Å². The van der Waals surface area contributed by atoms with Crippen LogP contribution in [0.1, 0.15) is 24.8 Å². The van der Waals surface area contributed by atoms with Gasteiger partial charge in [-0.05, 0) is 43.0 Å². The van der Waals surface area contributed by atoms with Gasteiger partial charge < -0.3 is 15.2 Å². The normalized spacial score (nSPS) is 15.7. The third kappa shape index (κ3) is 2.28. The van der Waals surface area contributed by atoms with Crippen molar-refractivity contribution in [3.8, 4) is 11.5 Å². The lowest BCUT2D eigenvalue weighted by atomic mass is 10.1. The second kappa shape index (κ2) is 4.91. The summed E-state index contributed by atoms with van der Waals surface area (Å²) in [4.78, 5) is 6.67. The molecule has 5 nitrogen and oxygen atoms in total. The molecular weight excluding hydrogens is 240 g/mol. The average Bonchev–Trinajstić information content (AvgIpc) is 2.89. The van der Waals surface area contributed by atoms with Crippen molar-refractivity contribution in [2.45, 2.75) is 26.2 Å². The number of anilines is 2. The summed E-state index contributed by atoms with van der Waals surface area (Å²) in [5.74, 6) is 1.19. The third-order valence-corrected chi connectivity index (χ3v) is 3.57. The molecule has 0 amide bonds. The second-order valence-electron chi connectivity index (χ2n) is 4.99. The molecule has 2 N–H and O–H groups in total. The summed E-state index contributed by atoms with van der Waals surface area (Å²) in [6.45, 7) is 4.00. The fourth-order valence-electron chi connectivity index (χ4n) is 2.52. The van der Waals surface area contributed by atoms with Crippen LogP contribution in [-0.2, 0) is 0 Å². The molecule has 0 bridgehead atoms. The molecule has 0 atom stereocenters. The minimum atomic E-state index is 0.510. The van der Waals surface area contributed by atoms with Gasteiger partial charge >= 0.3 is 0 Å². The first kappa shape index (κ1) is 12.0. The summed E-state index contributed by atoms with van der Waals surface area (Å²) in [6, 6.07) is 5.78. The molecule has 0 radical (unpaired) electrons. The van der Waals surface area contributed by atoms with E-state index in [2.05, 4.69) is 15.0 Å². The van der Waals surface area contributed by atoms with Gasteiger partial charge in [-0.1, -0.05) is 12.1 Å². The highest BCUT2D eigenvalue weighted by Crippen LogP contribution is 2.29. The average molecular weight is 258 g/mol. The van der Waals surface area contributed by atoms with Crippen molar-refractivity contribution in [3.05, 3.63) is 23.8 Å². The Balaban J connectivity index is 1.92. The van der Waals surface area contributed by atoms with Crippen molar-refractivity contribution >= 4 is 11.6 Å². The lowest BCUT2D eigenvalue weighted by Gasteiger charge is -2.24. The number of aromatic nitrogens is 2. The third-order valence-electron chi connectivity index (χ3n) is 3.57. The quantitative estimate of drug-likeness (QED) is 0.839. The molecule has 19 heavy (non-hydrogen) atoms. The molecule has 1 aromatic carbocycles. The van der Waals surface area contributed by atoms with Crippen LogP contribution < -0.4 is 10.6 Å². The van der Waals surface area contributed by atoms with Gasteiger partial charge in [-0.3, -0.25) is 0 Å². The van der Waals surface area contributed by atoms with E-state index in [0.717, 1.165) is 24.2 Å². The highest BCUT2D eigenvalue weighted by atomic mass is 16.5. The number of nitrogen functional groups attached to an aromatic ring is 1. The van der Waals surface area contributed by atoms with Gasteiger partial charge in [-0.25, -0.2) is 0 Å². The van der Waals surface area contributed by atoms with Crippen LogP contribution in [0, 0.1) is 6.92 Å². The molecule has 0 saturated carbocycles. The Hall–Kier alpha value is -2.04. The molecule has 1 saturated heterocycles. The second-order valence-corrected chi connectivity index (χ2v) is 4.99. The van der Waals surface area contributed by atoms with Crippen molar-refractivity contribution in [3.63, 3.8) is 0 Å². The van der Waals surface area contributed by atoms with E-state index in [1.807, 2.05) is 25.1 Å². The van der Waals surface area contributed by atoms with Crippen LogP contribution in [-0.4, -0.2) is 23.2 Å². The molecule has 1 aliphatic rings. The predicted octanol–water partition coefficient (Wildman–Crippen LogP) is 2.62. The van der Waals surface area contributed by atoms with E-state index in [4.69, 9.17) is 10.3 Å². The van der Waals surface area contributed by atoms with Crippen LogP contribution in [0.5, 0.6) is 0 Å². The minimum absolute atomic E-state index is 0.510. The molecule has 1 aliphatic heterocycles. The van der Waals surface area contributed by atoms with E-state index >= 15 is 0 Å². The number of piperidine rings is 1. The molecule has 0 aliphatic carbocycles. The fraction of sp³-hybridized carbons (Fsp3) is 0.429. The topological polar surface area (TPSA) is 68.2 Å². The standard InChI is InChI=1S/C14H18N4O/c1-10-6-5-7-11(15)12(10)13-16-14(17-19-13)18-8-3-2-4-9-18/h5-7H,2-4,8-9,15H2,1H3. The monoisotopic (exact) mass is 258 g/mol. The van der Waals surface area contributed by atoms with Crippen LogP contribution in [0.15, 0.2) is 22.7 Å². The lowest BCUT2D eigenvalue weighted by molar-refractivity contribution is 0.426. The zero-order chi connectivity index (χ0) is 13.2. The number of nitrogens with two attached hydrogens (primary N) is 1. The van der Waals surface area contributed by atoms with E-state index in [0.29, 0.717) is 17.5 Å². The smallest absolute Gasteiger partial charge is 0.266 e. The van der Waals surface area contributed by atoms with Gasteiger partial charge in [0.15, 0.2) is 0 Å².